The Morgan fingerprint density at radius 2 is 2.17 bits per heavy atom. The molecule has 0 aromatic heterocycles. The smallest absolute Gasteiger partial charge is 0.387 e. The Morgan fingerprint density at radius 1 is 1.44 bits per heavy atom. The number of hydrogen-bond donors (Lipinski definition) is 0. The van der Waals surface area contributed by atoms with Crippen LogP contribution in [0, 0.1) is 7.11 Å². The second-order valence-electron chi connectivity index (χ2n) is 4.12. The summed E-state index contributed by atoms with van der Waals surface area (Å²) in [5.41, 5.74) is 0. The van der Waals surface area contributed by atoms with Crippen LogP contribution in [0.5, 0.6) is 0 Å². The first kappa shape index (κ1) is 20.4. The first-order chi connectivity index (χ1) is 8.24. The summed E-state index contributed by atoms with van der Waals surface area (Å²) in [4.78, 5) is 0. The van der Waals surface area contributed by atoms with Crippen molar-refractivity contribution in [2.75, 3.05) is 12.9 Å². The fraction of sp³-hybridized carbons (Fsp3) is 0.786. The Hall–Kier alpha value is 0.0969. The molecule has 1 atom stereocenters. The highest BCUT2D eigenvalue weighted by molar-refractivity contribution is 8.27. The third-order valence-corrected chi connectivity index (χ3v) is 9.10. The van der Waals surface area contributed by atoms with E-state index in [1.54, 1.807) is 7.11 Å². The molecular weight excluding hydrogens is 260 g/mol. The molecule has 0 amide bonds. The molecule has 1 unspecified atom stereocenters. The minimum absolute atomic E-state index is 0. The van der Waals surface area contributed by atoms with Gasteiger partial charge >= 0.3 is 7.71 Å². The normalized spacial score (nSPS) is 21.7. The summed E-state index contributed by atoms with van der Waals surface area (Å²) in [6.45, 7) is 5.89. The summed E-state index contributed by atoms with van der Waals surface area (Å²) in [6.07, 6.45) is 9.83. The van der Waals surface area contributed by atoms with Crippen molar-refractivity contribution >= 4 is 18.9 Å². The molecule has 2 nitrogen and oxygen atoms in total. The van der Waals surface area contributed by atoms with Crippen molar-refractivity contribution in [1.29, 1.82) is 0 Å². The van der Waals surface area contributed by atoms with Crippen LogP contribution in [0.3, 0.4) is 0 Å². The van der Waals surface area contributed by atoms with Crippen LogP contribution in [0.4, 0.5) is 0 Å². The Labute approximate surface area is 121 Å². The van der Waals surface area contributed by atoms with Gasteiger partial charge in [0, 0.05) is 14.6 Å². The molecule has 0 spiro atoms. The molecule has 4 heteroatoms. The van der Waals surface area contributed by atoms with Gasteiger partial charge in [-0.2, -0.15) is 0 Å². The van der Waals surface area contributed by atoms with Crippen molar-refractivity contribution in [3.05, 3.63) is 19.8 Å². The summed E-state index contributed by atoms with van der Waals surface area (Å²) < 4.78 is 10.3. The maximum absolute atomic E-state index is 5.27. The Balaban J connectivity index is -0.000000246. The molecule has 1 aliphatic rings. The van der Waals surface area contributed by atoms with E-state index in [9.17, 15) is 0 Å². The van der Waals surface area contributed by atoms with Gasteiger partial charge in [0.1, 0.15) is 0 Å². The monoisotopic (exact) mass is 294 g/mol. The number of rotatable bonds is 7. The lowest BCUT2D eigenvalue weighted by atomic mass is 10.2. The molecule has 110 valence electrons. The molecule has 1 aliphatic heterocycles. The third-order valence-electron chi connectivity index (χ3n) is 2.74. The maximum atomic E-state index is 5.27. The molecular formula is C14H33O2SSi+. The molecule has 0 N–H and O–H groups in total. The fourth-order valence-electron chi connectivity index (χ4n) is 1.64. The highest BCUT2D eigenvalue weighted by Crippen LogP contribution is 2.35. The van der Waals surface area contributed by atoms with Crippen LogP contribution in [0.1, 0.15) is 54.3 Å². The van der Waals surface area contributed by atoms with Gasteiger partial charge in [-0.25, -0.2) is 4.43 Å². The quantitative estimate of drug-likeness (QED) is 0.266. The largest absolute Gasteiger partial charge is 0.460 e. The second kappa shape index (κ2) is 13.5. The van der Waals surface area contributed by atoms with E-state index in [4.69, 9.17) is 8.85 Å². The number of unbranched alkanes of at least 4 members (excludes halogenated alkanes) is 4. The van der Waals surface area contributed by atoms with E-state index in [-0.39, 0.29) is 8.85 Å². The fourth-order valence-corrected chi connectivity index (χ4v) is 6.75. The van der Waals surface area contributed by atoms with E-state index in [2.05, 4.69) is 20.6 Å². The maximum Gasteiger partial charge on any atom is 0.460 e. The lowest BCUT2D eigenvalue weighted by Crippen LogP contribution is -2.31. The van der Waals surface area contributed by atoms with Crippen LogP contribution >= 0.6 is 11.2 Å². The zero-order valence-electron chi connectivity index (χ0n) is 11.4. The summed E-state index contributed by atoms with van der Waals surface area (Å²) in [6, 6.07) is 1.09. The highest BCUT2D eigenvalue weighted by atomic mass is 32.4. The van der Waals surface area contributed by atoms with Crippen LogP contribution in [0.15, 0.2) is 12.7 Å². The summed E-state index contributed by atoms with van der Waals surface area (Å²) >= 11 is 1.82. The number of allylic oxidation sites excluding steroid dienone is 1. The average Bonchev–Trinajstić information content (AvgIpc) is 2.85. The van der Waals surface area contributed by atoms with Crippen molar-refractivity contribution in [1.82, 2.24) is 0 Å². The van der Waals surface area contributed by atoms with E-state index in [0.29, 0.717) is 0 Å². The highest BCUT2D eigenvalue weighted by Gasteiger charge is 2.44. The van der Waals surface area contributed by atoms with Gasteiger partial charge < -0.3 is 4.43 Å². The minimum Gasteiger partial charge on any atom is -0.387 e. The Morgan fingerprint density at radius 3 is 2.50 bits per heavy atom. The molecule has 0 aromatic rings. The van der Waals surface area contributed by atoms with Gasteiger partial charge in [-0.3, -0.25) is 0 Å². The first-order valence-corrected chi connectivity index (χ1v) is 10.2. The van der Waals surface area contributed by atoms with E-state index in [1.807, 2.05) is 17.3 Å². The zero-order chi connectivity index (χ0) is 13.0. The van der Waals surface area contributed by atoms with Gasteiger partial charge in [-0.15, -0.1) is 17.8 Å². The predicted octanol–water partition coefficient (Wildman–Crippen LogP) is 5.54. The van der Waals surface area contributed by atoms with Crippen molar-refractivity contribution < 1.29 is 10.3 Å². The predicted molar refractivity (Wildman–Crippen MR) is 88.9 cm³/mol. The van der Waals surface area contributed by atoms with Crippen molar-refractivity contribution in [3.8, 4) is 0 Å². The van der Waals surface area contributed by atoms with Crippen molar-refractivity contribution in [2.45, 2.75) is 58.9 Å². The molecule has 0 aliphatic carbocycles. The lowest BCUT2D eigenvalue weighted by Gasteiger charge is -2.13. The summed E-state index contributed by atoms with van der Waals surface area (Å²) in [7, 11) is 3.37. The molecule has 0 saturated carbocycles. The first-order valence-electron chi connectivity index (χ1n) is 6.48. The van der Waals surface area contributed by atoms with Gasteiger partial charge in [0.2, 0.25) is 7.11 Å². The molecule has 18 heavy (non-hydrogen) atoms. The zero-order valence-corrected chi connectivity index (χ0v) is 13.2. The van der Waals surface area contributed by atoms with Crippen molar-refractivity contribution in [3.63, 3.8) is 0 Å². The summed E-state index contributed by atoms with van der Waals surface area (Å²) in [5.74, 6) is 1.18. The molecule has 1 saturated heterocycles. The van der Waals surface area contributed by atoms with E-state index >= 15 is 0 Å². The summed E-state index contributed by atoms with van der Waals surface area (Å²) in [5, 5.41) is 0. The van der Waals surface area contributed by atoms with Crippen LogP contribution in [0.25, 0.3) is 0 Å². The molecule has 1 heterocycles. The van der Waals surface area contributed by atoms with E-state index in [0.717, 1.165) is 6.04 Å². The van der Waals surface area contributed by atoms with Gasteiger partial charge in [0.05, 0.1) is 0 Å². The Bertz CT molecular complexity index is 182. The average molecular weight is 295 g/mol. The minimum atomic E-state index is -1.77. The standard InChI is InChI=1S/C8H16.C5H11O2SSi.CH4.H2/c1-3-5-7-8-6-4-2;1-6-9(7-2)5-3-4-8-9;;/h3H,1,4-8H2,2H3;1,3-5H2,2H3;1H4;1H/q;+1;;/i;;;1+1. The number of hydrogen-bond acceptors (Lipinski definition) is 3. The van der Waals surface area contributed by atoms with Crippen LogP contribution in [-0.2, 0) is 8.85 Å². The van der Waals surface area contributed by atoms with E-state index in [1.165, 1.54) is 44.3 Å². The molecule has 1 rings (SSSR count). The van der Waals surface area contributed by atoms with Gasteiger partial charge in [0.25, 0.3) is 0 Å². The van der Waals surface area contributed by atoms with E-state index < -0.39 is 7.71 Å². The molecule has 0 aromatic carbocycles. The van der Waals surface area contributed by atoms with Gasteiger partial charge in [-0.05, 0) is 25.0 Å². The van der Waals surface area contributed by atoms with Gasteiger partial charge in [-0.1, -0.05) is 39.7 Å². The topological polar surface area (TPSA) is 18.5 Å². The Kier molecular flexibility index (Phi) is 15.3. The molecule has 0 bridgehead atoms. The second-order valence-corrected chi connectivity index (χ2v) is 10.1. The third kappa shape index (κ3) is 9.08. The lowest BCUT2D eigenvalue weighted by molar-refractivity contribution is 0.294. The van der Waals surface area contributed by atoms with Crippen LogP contribution in [-0.4, -0.2) is 20.6 Å². The van der Waals surface area contributed by atoms with Crippen LogP contribution < -0.4 is 0 Å². The SMILES string of the molecule is C.C=CCCCCCC.[2HH].[CH2+]O[Si]1(OC)CCCS1. The molecule has 0 radical (unpaired) electrons. The van der Waals surface area contributed by atoms with Crippen LogP contribution in [0.2, 0.25) is 6.04 Å². The molecule has 1 fully saturated rings. The van der Waals surface area contributed by atoms with Gasteiger partial charge in [0.15, 0.2) is 0 Å². The van der Waals surface area contributed by atoms with Crippen molar-refractivity contribution in [2.24, 2.45) is 0 Å².